The summed E-state index contributed by atoms with van der Waals surface area (Å²) >= 11 is 5.87. The van der Waals surface area contributed by atoms with Crippen LogP contribution in [0.15, 0.2) is 36.4 Å². The van der Waals surface area contributed by atoms with Gasteiger partial charge in [0.1, 0.15) is 0 Å². The zero-order valence-corrected chi connectivity index (χ0v) is 8.85. The van der Waals surface area contributed by atoms with Gasteiger partial charge in [-0.1, -0.05) is 41.9 Å². The minimum absolute atomic E-state index is 0.122. The third kappa shape index (κ3) is 2.01. The molecule has 1 N–H and O–H groups in total. The molecule has 1 aromatic heterocycles. The summed E-state index contributed by atoms with van der Waals surface area (Å²) in [6.07, 6.45) is 0. The molecule has 1 heterocycles. The Labute approximate surface area is 96.5 Å². The Morgan fingerprint density at radius 2 is 1.88 bits per heavy atom. The minimum atomic E-state index is -1.12. The summed E-state index contributed by atoms with van der Waals surface area (Å²) < 4.78 is 0. The minimum Gasteiger partial charge on any atom is -0.476 e. The number of carboxylic acids is 1. The van der Waals surface area contributed by atoms with Crippen molar-refractivity contribution >= 4 is 17.6 Å². The molecule has 0 aliphatic rings. The molecule has 0 aliphatic carbocycles. The van der Waals surface area contributed by atoms with Crippen LogP contribution in [-0.4, -0.2) is 21.3 Å². The highest BCUT2D eigenvalue weighted by molar-refractivity contribution is 6.32. The van der Waals surface area contributed by atoms with Crippen LogP contribution < -0.4 is 0 Å². The van der Waals surface area contributed by atoms with Gasteiger partial charge < -0.3 is 5.11 Å². The fourth-order valence-corrected chi connectivity index (χ4v) is 1.50. The summed E-state index contributed by atoms with van der Waals surface area (Å²) in [6.45, 7) is 0. The average molecular weight is 235 g/mol. The van der Waals surface area contributed by atoms with Gasteiger partial charge in [-0.3, -0.25) is 0 Å². The average Bonchev–Trinajstić information content (AvgIpc) is 2.30. The Morgan fingerprint density at radius 3 is 2.50 bits per heavy atom. The molecule has 0 spiro atoms. The first-order valence-electron chi connectivity index (χ1n) is 4.50. The highest BCUT2D eigenvalue weighted by atomic mass is 35.5. The van der Waals surface area contributed by atoms with Crippen molar-refractivity contribution in [2.24, 2.45) is 0 Å². The molecule has 0 bridgehead atoms. The lowest BCUT2D eigenvalue weighted by atomic mass is 10.1. The third-order valence-electron chi connectivity index (χ3n) is 2.05. The van der Waals surface area contributed by atoms with E-state index in [0.717, 1.165) is 5.56 Å². The van der Waals surface area contributed by atoms with Crippen LogP contribution in [0.3, 0.4) is 0 Å². The number of aromatic nitrogens is 2. The predicted octanol–water partition coefficient (Wildman–Crippen LogP) is 2.50. The van der Waals surface area contributed by atoms with Gasteiger partial charge in [0.15, 0.2) is 10.8 Å². The Bertz CT molecular complexity index is 529. The van der Waals surface area contributed by atoms with Gasteiger partial charge in [-0.2, -0.15) is 0 Å². The van der Waals surface area contributed by atoms with E-state index >= 15 is 0 Å². The maximum absolute atomic E-state index is 10.8. The number of carbonyl (C=O) groups is 1. The van der Waals surface area contributed by atoms with Crippen LogP contribution in [0.5, 0.6) is 0 Å². The second-order valence-electron chi connectivity index (χ2n) is 3.11. The number of benzene rings is 1. The van der Waals surface area contributed by atoms with Crippen LogP contribution in [0.2, 0.25) is 5.15 Å². The van der Waals surface area contributed by atoms with Gasteiger partial charge in [-0.25, -0.2) is 4.79 Å². The Morgan fingerprint density at radius 1 is 1.19 bits per heavy atom. The van der Waals surface area contributed by atoms with E-state index in [1.165, 1.54) is 6.07 Å². The molecular weight excluding hydrogens is 228 g/mol. The van der Waals surface area contributed by atoms with Crippen molar-refractivity contribution in [2.75, 3.05) is 0 Å². The zero-order valence-electron chi connectivity index (χ0n) is 8.09. The molecule has 80 valence electrons. The van der Waals surface area contributed by atoms with Crippen LogP contribution in [0.1, 0.15) is 10.5 Å². The summed E-state index contributed by atoms with van der Waals surface area (Å²) in [7, 11) is 0. The van der Waals surface area contributed by atoms with Gasteiger partial charge in [-0.05, 0) is 11.6 Å². The molecule has 0 aliphatic heterocycles. The van der Waals surface area contributed by atoms with Gasteiger partial charge in [-0.15, -0.1) is 10.2 Å². The molecule has 2 rings (SSSR count). The van der Waals surface area contributed by atoms with E-state index in [4.69, 9.17) is 16.7 Å². The van der Waals surface area contributed by atoms with Crippen molar-refractivity contribution < 1.29 is 9.90 Å². The topological polar surface area (TPSA) is 63.1 Å². The fourth-order valence-electron chi connectivity index (χ4n) is 1.30. The van der Waals surface area contributed by atoms with Crippen molar-refractivity contribution in [3.63, 3.8) is 0 Å². The lowest BCUT2D eigenvalue weighted by Crippen LogP contribution is -2.02. The Hall–Kier alpha value is -1.94. The maximum atomic E-state index is 10.8. The first-order valence-corrected chi connectivity index (χ1v) is 4.88. The van der Waals surface area contributed by atoms with Crippen molar-refractivity contribution in [3.8, 4) is 11.1 Å². The summed E-state index contributed by atoms with van der Waals surface area (Å²) in [5, 5.41) is 16.1. The Kier molecular flexibility index (Phi) is 2.83. The summed E-state index contributed by atoms with van der Waals surface area (Å²) in [4.78, 5) is 10.8. The predicted molar refractivity (Wildman–Crippen MR) is 59.4 cm³/mol. The molecule has 16 heavy (non-hydrogen) atoms. The fraction of sp³-hybridized carbons (Fsp3) is 0. The highest BCUT2D eigenvalue weighted by Gasteiger charge is 2.11. The highest BCUT2D eigenvalue weighted by Crippen LogP contribution is 2.25. The van der Waals surface area contributed by atoms with Crippen LogP contribution in [0.25, 0.3) is 11.1 Å². The first kappa shape index (κ1) is 10.6. The summed E-state index contributed by atoms with van der Waals surface area (Å²) in [5.41, 5.74) is 1.25. The molecule has 0 saturated heterocycles. The molecule has 0 radical (unpaired) electrons. The van der Waals surface area contributed by atoms with Gasteiger partial charge in [0.2, 0.25) is 0 Å². The van der Waals surface area contributed by atoms with Gasteiger partial charge in [0.05, 0.1) is 0 Å². The second kappa shape index (κ2) is 4.28. The van der Waals surface area contributed by atoms with Crippen LogP contribution in [0.4, 0.5) is 0 Å². The Balaban J connectivity index is 2.56. The second-order valence-corrected chi connectivity index (χ2v) is 3.46. The molecule has 5 heteroatoms. The van der Waals surface area contributed by atoms with Crippen molar-refractivity contribution in [1.82, 2.24) is 10.2 Å². The quantitative estimate of drug-likeness (QED) is 0.867. The normalized spacial score (nSPS) is 10.1. The van der Waals surface area contributed by atoms with Crippen molar-refractivity contribution in [2.45, 2.75) is 0 Å². The molecule has 0 unspecified atom stereocenters. The van der Waals surface area contributed by atoms with E-state index in [9.17, 15) is 4.79 Å². The van der Waals surface area contributed by atoms with Gasteiger partial charge in [0, 0.05) is 5.56 Å². The number of nitrogens with zero attached hydrogens (tertiary/aromatic N) is 2. The smallest absolute Gasteiger partial charge is 0.356 e. The lowest BCUT2D eigenvalue weighted by Gasteiger charge is -2.03. The number of rotatable bonds is 2. The van der Waals surface area contributed by atoms with Crippen LogP contribution in [0, 0.1) is 0 Å². The summed E-state index contributed by atoms with van der Waals surface area (Å²) in [6, 6.07) is 10.6. The first-order chi connectivity index (χ1) is 7.68. The van der Waals surface area contributed by atoms with E-state index < -0.39 is 5.97 Å². The molecule has 0 fully saturated rings. The molecule has 0 atom stereocenters. The maximum Gasteiger partial charge on any atom is 0.356 e. The largest absolute Gasteiger partial charge is 0.476 e. The molecule has 0 amide bonds. The third-order valence-corrected chi connectivity index (χ3v) is 2.33. The molecule has 2 aromatic rings. The van der Waals surface area contributed by atoms with Crippen LogP contribution in [-0.2, 0) is 0 Å². The molecule has 0 saturated carbocycles. The van der Waals surface area contributed by atoms with Crippen molar-refractivity contribution in [3.05, 3.63) is 47.2 Å². The number of hydrogen-bond acceptors (Lipinski definition) is 3. The molecule has 4 nitrogen and oxygen atoms in total. The standard InChI is InChI=1S/C11H7ClN2O2/c12-10-8(7-4-2-1-3-5-7)6-9(11(15)16)13-14-10/h1-6H,(H,15,16). The van der Waals surface area contributed by atoms with E-state index in [2.05, 4.69) is 10.2 Å². The SMILES string of the molecule is O=C(O)c1cc(-c2ccccc2)c(Cl)nn1. The zero-order chi connectivity index (χ0) is 11.5. The molecular formula is C11H7ClN2O2. The molecule has 1 aromatic carbocycles. The van der Waals surface area contributed by atoms with E-state index in [0.29, 0.717) is 5.56 Å². The van der Waals surface area contributed by atoms with Gasteiger partial charge >= 0.3 is 5.97 Å². The summed E-state index contributed by atoms with van der Waals surface area (Å²) in [5.74, 6) is -1.12. The van der Waals surface area contributed by atoms with Crippen LogP contribution >= 0.6 is 11.6 Å². The number of hydrogen-bond donors (Lipinski definition) is 1. The lowest BCUT2D eigenvalue weighted by molar-refractivity contribution is 0.0689. The number of halogens is 1. The number of carboxylic acid groups (broad SMARTS) is 1. The van der Waals surface area contributed by atoms with E-state index in [-0.39, 0.29) is 10.8 Å². The number of aromatic carboxylic acids is 1. The van der Waals surface area contributed by atoms with Crippen molar-refractivity contribution in [1.29, 1.82) is 0 Å². The van der Waals surface area contributed by atoms with Gasteiger partial charge in [0.25, 0.3) is 0 Å². The monoisotopic (exact) mass is 234 g/mol. The van der Waals surface area contributed by atoms with E-state index in [1.807, 2.05) is 30.3 Å². The van der Waals surface area contributed by atoms with E-state index in [1.54, 1.807) is 0 Å².